The third kappa shape index (κ3) is 5.46. The number of hydrogen-bond acceptors (Lipinski definition) is 5. The van der Waals surface area contributed by atoms with E-state index < -0.39 is 0 Å². The zero-order chi connectivity index (χ0) is 19.1. The summed E-state index contributed by atoms with van der Waals surface area (Å²) in [5.74, 6) is 0.939. The number of halogens is 1. The molecule has 0 aliphatic carbocycles. The highest BCUT2D eigenvalue weighted by Crippen LogP contribution is 2.22. The predicted octanol–water partition coefficient (Wildman–Crippen LogP) is 5.18. The summed E-state index contributed by atoms with van der Waals surface area (Å²) >= 11 is 5.90. The van der Waals surface area contributed by atoms with Crippen molar-refractivity contribution in [3.63, 3.8) is 0 Å². The molecule has 2 aromatic carbocycles. The summed E-state index contributed by atoms with van der Waals surface area (Å²) in [6.07, 6.45) is 4.83. The van der Waals surface area contributed by atoms with Crippen molar-refractivity contribution in [2.75, 3.05) is 11.9 Å². The van der Waals surface area contributed by atoms with Gasteiger partial charge in [-0.25, -0.2) is 9.78 Å². The zero-order valence-corrected chi connectivity index (χ0v) is 15.6. The number of hydrogen-bond donors (Lipinski definition) is 1. The van der Waals surface area contributed by atoms with Crippen LogP contribution in [-0.4, -0.2) is 17.6 Å². The Morgan fingerprint density at radius 2 is 1.93 bits per heavy atom. The van der Waals surface area contributed by atoms with E-state index in [-0.39, 0.29) is 5.97 Å². The Bertz CT molecular complexity index is 915. The fourth-order valence-electron chi connectivity index (χ4n) is 2.38. The highest BCUT2D eigenvalue weighted by atomic mass is 35.5. The van der Waals surface area contributed by atoms with Crippen molar-refractivity contribution >= 4 is 29.3 Å². The van der Waals surface area contributed by atoms with Gasteiger partial charge in [0.1, 0.15) is 0 Å². The van der Waals surface area contributed by atoms with E-state index in [1.165, 1.54) is 6.08 Å². The number of aromatic nitrogens is 1. The number of benzene rings is 2. The summed E-state index contributed by atoms with van der Waals surface area (Å²) < 4.78 is 10.6. The van der Waals surface area contributed by atoms with E-state index in [0.717, 1.165) is 16.8 Å². The molecule has 0 aliphatic rings. The van der Waals surface area contributed by atoms with Crippen molar-refractivity contribution in [1.29, 1.82) is 0 Å². The second-order valence-corrected chi connectivity index (χ2v) is 6.12. The number of nitrogens with one attached hydrogen (secondary N) is 1. The lowest BCUT2D eigenvalue weighted by Crippen LogP contribution is -1.99. The summed E-state index contributed by atoms with van der Waals surface area (Å²) in [6, 6.07) is 15.1. The van der Waals surface area contributed by atoms with Crippen LogP contribution < -0.4 is 5.32 Å². The maximum Gasteiger partial charge on any atom is 0.330 e. The summed E-state index contributed by atoms with van der Waals surface area (Å²) in [7, 11) is 0. The maximum atomic E-state index is 11.3. The zero-order valence-electron chi connectivity index (χ0n) is 14.8. The average Bonchev–Trinajstić information content (AvgIpc) is 3.15. The smallest absolute Gasteiger partial charge is 0.330 e. The number of nitrogens with zero attached hydrogens (tertiary/aromatic N) is 1. The van der Waals surface area contributed by atoms with Crippen LogP contribution in [0.15, 0.2) is 65.2 Å². The van der Waals surface area contributed by atoms with Gasteiger partial charge in [-0.3, -0.25) is 0 Å². The Balaban J connectivity index is 1.56. The molecular weight excluding hydrogens is 364 g/mol. The number of anilines is 1. The van der Waals surface area contributed by atoms with Crippen LogP contribution in [0, 0.1) is 0 Å². The third-order valence-corrected chi connectivity index (χ3v) is 3.99. The topological polar surface area (TPSA) is 64.4 Å². The Labute approximate surface area is 162 Å². The lowest BCUT2D eigenvalue weighted by Gasteiger charge is -2.04. The average molecular weight is 383 g/mol. The van der Waals surface area contributed by atoms with Gasteiger partial charge < -0.3 is 14.5 Å². The van der Waals surface area contributed by atoms with E-state index in [9.17, 15) is 4.79 Å². The Morgan fingerprint density at radius 1 is 1.19 bits per heavy atom. The first-order valence-electron chi connectivity index (χ1n) is 8.53. The number of esters is 1. The van der Waals surface area contributed by atoms with Gasteiger partial charge in [-0.2, -0.15) is 0 Å². The minimum Gasteiger partial charge on any atom is -0.463 e. The molecule has 0 saturated heterocycles. The quantitative estimate of drug-likeness (QED) is 0.450. The van der Waals surface area contributed by atoms with Crippen molar-refractivity contribution in [2.45, 2.75) is 13.5 Å². The van der Waals surface area contributed by atoms with Crippen molar-refractivity contribution < 1.29 is 13.9 Å². The SMILES string of the molecule is CCOC(=O)/C=C/c1ccc(NCc2ncc(-c3ccc(Cl)cc3)o2)cc1. The van der Waals surface area contributed by atoms with Crippen LogP contribution in [0.1, 0.15) is 18.4 Å². The molecule has 0 radical (unpaired) electrons. The second kappa shape index (κ2) is 9.05. The first-order valence-corrected chi connectivity index (χ1v) is 8.91. The minimum absolute atomic E-state index is 0.347. The van der Waals surface area contributed by atoms with E-state index in [4.69, 9.17) is 20.8 Å². The number of carbonyl (C=O) groups excluding carboxylic acids is 1. The normalized spacial score (nSPS) is 10.9. The lowest BCUT2D eigenvalue weighted by molar-refractivity contribution is -0.137. The van der Waals surface area contributed by atoms with Crippen LogP contribution in [0.25, 0.3) is 17.4 Å². The molecule has 0 spiro atoms. The molecule has 27 heavy (non-hydrogen) atoms. The molecule has 0 bridgehead atoms. The van der Waals surface area contributed by atoms with Gasteiger partial charge in [0.25, 0.3) is 0 Å². The van der Waals surface area contributed by atoms with E-state index in [2.05, 4.69) is 10.3 Å². The summed E-state index contributed by atoms with van der Waals surface area (Å²) in [4.78, 5) is 15.6. The first-order chi connectivity index (χ1) is 13.1. The van der Waals surface area contributed by atoms with Gasteiger partial charge in [-0.15, -0.1) is 0 Å². The second-order valence-electron chi connectivity index (χ2n) is 5.69. The molecule has 0 unspecified atom stereocenters. The van der Waals surface area contributed by atoms with Crippen LogP contribution in [0.3, 0.4) is 0 Å². The highest BCUT2D eigenvalue weighted by Gasteiger charge is 2.06. The summed E-state index contributed by atoms with van der Waals surface area (Å²) in [6.45, 7) is 2.61. The fourth-order valence-corrected chi connectivity index (χ4v) is 2.51. The number of oxazole rings is 1. The highest BCUT2D eigenvalue weighted by molar-refractivity contribution is 6.30. The van der Waals surface area contributed by atoms with Gasteiger partial charge in [0.15, 0.2) is 5.76 Å². The van der Waals surface area contributed by atoms with Gasteiger partial charge in [-0.1, -0.05) is 23.7 Å². The molecule has 5 nitrogen and oxygen atoms in total. The molecule has 0 atom stereocenters. The number of ether oxygens (including phenoxy) is 1. The van der Waals surface area contributed by atoms with E-state index in [1.807, 2.05) is 48.5 Å². The lowest BCUT2D eigenvalue weighted by atomic mass is 10.2. The van der Waals surface area contributed by atoms with Gasteiger partial charge in [-0.05, 0) is 55.0 Å². The van der Waals surface area contributed by atoms with Crippen molar-refractivity contribution in [2.24, 2.45) is 0 Å². The van der Waals surface area contributed by atoms with E-state index in [1.54, 1.807) is 19.2 Å². The standard InChI is InChI=1S/C21H19ClN2O3/c1-2-26-21(25)12-5-15-3-10-18(11-4-15)23-14-20-24-13-19(27-20)16-6-8-17(22)9-7-16/h3-13,23H,2,14H2,1H3/b12-5+. The number of rotatable bonds is 7. The Kier molecular flexibility index (Phi) is 6.28. The molecule has 6 heteroatoms. The monoisotopic (exact) mass is 382 g/mol. The van der Waals surface area contributed by atoms with Crippen molar-refractivity contribution in [3.05, 3.63) is 77.3 Å². The molecule has 138 valence electrons. The van der Waals surface area contributed by atoms with Gasteiger partial charge >= 0.3 is 5.97 Å². The van der Waals surface area contributed by atoms with Crippen LogP contribution in [0.2, 0.25) is 5.02 Å². The largest absolute Gasteiger partial charge is 0.463 e. The molecule has 1 heterocycles. The molecule has 1 aromatic heterocycles. The minimum atomic E-state index is -0.347. The van der Waals surface area contributed by atoms with E-state index >= 15 is 0 Å². The predicted molar refractivity (Wildman–Crippen MR) is 106 cm³/mol. The van der Waals surface area contributed by atoms with Crippen LogP contribution >= 0.6 is 11.6 Å². The fraction of sp³-hybridized carbons (Fsp3) is 0.143. The molecule has 1 N–H and O–H groups in total. The molecule has 0 fully saturated rings. The van der Waals surface area contributed by atoms with Gasteiger partial charge in [0, 0.05) is 22.3 Å². The van der Waals surface area contributed by atoms with E-state index in [0.29, 0.717) is 29.8 Å². The van der Waals surface area contributed by atoms with Crippen LogP contribution in [0.5, 0.6) is 0 Å². The molecule has 3 rings (SSSR count). The molecule has 0 aliphatic heterocycles. The molecule has 0 amide bonds. The number of carbonyl (C=O) groups is 1. The molecule has 3 aromatic rings. The van der Waals surface area contributed by atoms with Crippen LogP contribution in [0.4, 0.5) is 5.69 Å². The molecule has 0 saturated carbocycles. The van der Waals surface area contributed by atoms with Crippen LogP contribution in [-0.2, 0) is 16.1 Å². The Morgan fingerprint density at radius 3 is 2.63 bits per heavy atom. The first kappa shape index (κ1) is 18.7. The molecular formula is C21H19ClN2O3. The maximum absolute atomic E-state index is 11.3. The van der Waals surface area contributed by atoms with Gasteiger partial charge in [0.05, 0.1) is 19.3 Å². The summed E-state index contributed by atoms with van der Waals surface area (Å²) in [5, 5.41) is 3.94. The van der Waals surface area contributed by atoms with Gasteiger partial charge in [0.2, 0.25) is 5.89 Å². The van der Waals surface area contributed by atoms with Crippen molar-refractivity contribution in [3.8, 4) is 11.3 Å². The Hall–Kier alpha value is -3.05. The van der Waals surface area contributed by atoms with Crippen molar-refractivity contribution in [1.82, 2.24) is 4.98 Å². The summed E-state index contributed by atoms with van der Waals surface area (Å²) in [5.41, 5.74) is 2.76. The third-order valence-electron chi connectivity index (χ3n) is 3.74.